The number of halogens is 2. The number of aromatic nitrogens is 3. The van der Waals surface area contributed by atoms with Crippen molar-refractivity contribution >= 4 is 41.0 Å². The summed E-state index contributed by atoms with van der Waals surface area (Å²) in [7, 11) is 0. The minimum Gasteiger partial charge on any atom is -0.490 e. The molecule has 2 fully saturated rings. The Hall–Kier alpha value is -3.17. The normalized spacial score (nSPS) is 16.0. The Kier molecular flexibility index (Phi) is 9.89. The maximum Gasteiger partial charge on any atom is 0.275 e. The predicted octanol–water partition coefficient (Wildman–Crippen LogP) is 7.42. The van der Waals surface area contributed by atoms with Gasteiger partial charge in [-0.3, -0.25) is 0 Å². The zero-order valence-electron chi connectivity index (χ0n) is 22.9. The maximum atomic E-state index is 6.30. The Bertz CT molecular complexity index is 1280. The van der Waals surface area contributed by atoms with Gasteiger partial charge in [-0.15, -0.1) is 5.11 Å². The average molecular weight is 585 g/mol. The van der Waals surface area contributed by atoms with Crippen LogP contribution in [0.25, 0.3) is 0 Å². The minimum absolute atomic E-state index is 0.299. The Morgan fingerprint density at radius 3 is 2.08 bits per heavy atom. The first-order chi connectivity index (χ1) is 19.6. The first kappa shape index (κ1) is 28.4. The summed E-state index contributed by atoms with van der Waals surface area (Å²) in [5, 5.41) is 10.0. The second kappa shape index (κ2) is 13.9. The van der Waals surface area contributed by atoms with Crippen molar-refractivity contribution in [2.24, 2.45) is 10.2 Å². The highest BCUT2D eigenvalue weighted by molar-refractivity contribution is 6.35. The van der Waals surface area contributed by atoms with E-state index in [0.717, 1.165) is 63.0 Å². The molecule has 5 rings (SSSR count). The van der Waals surface area contributed by atoms with Gasteiger partial charge in [0.2, 0.25) is 11.9 Å². The summed E-state index contributed by atoms with van der Waals surface area (Å²) in [6.45, 7) is 6.93. The van der Waals surface area contributed by atoms with Gasteiger partial charge in [0, 0.05) is 41.8 Å². The third kappa shape index (κ3) is 7.52. The van der Waals surface area contributed by atoms with Crippen LogP contribution in [-0.4, -0.2) is 47.7 Å². The summed E-state index contributed by atoms with van der Waals surface area (Å²) < 4.78 is 11.9. The highest BCUT2D eigenvalue weighted by atomic mass is 35.5. The van der Waals surface area contributed by atoms with Crippen LogP contribution in [0.15, 0.2) is 46.6 Å². The van der Waals surface area contributed by atoms with E-state index in [1.807, 2.05) is 31.2 Å². The van der Waals surface area contributed by atoms with Crippen molar-refractivity contribution in [3.63, 3.8) is 0 Å². The zero-order valence-corrected chi connectivity index (χ0v) is 24.4. The molecule has 0 radical (unpaired) electrons. The molecule has 9 nitrogen and oxygen atoms in total. The summed E-state index contributed by atoms with van der Waals surface area (Å²) in [6.07, 6.45) is 7.09. The smallest absolute Gasteiger partial charge is 0.275 e. The lowest BCUT2D eigenvalue weighted by atomic mass is 10.1. The monoisotopic (exact) mass is 583 g/mol. The quantitative estimate of drug-likeness (QED) is 0.229. The number of anilines is 2. The molecule has 2 aliphatic rings. The van der Waals surface area contributed by atoms with Gasteiger partial charge in [0.25, 0.3) is 5.95 Å². The summed E-state index contributed by atoms with van der Waals surface area (Å²) >= 11 is 12.3. The van der Waals surface area contributed by atoms with Crippen LogP contribution < -0.4 is 19.3 Å². The predicted molar refractivity (Wildman–Crippen MR) is 159 cm³/mol. The maximum absolute atomic E-state index is 6.30. The second-order valence-electron chi connectivity index (χ2n) is 9.97. The molecule has 0 spiro atoms. The SMILES string of the molecule is CCOc1cc(CN=Nc2nc(N3CCCCC3)nc(N3CCCCC3)n2)ccc1OCc1ccc(Cl)cc1Cl. The van der Waals surface area contributed by atoms with Gasteiger partial charge in [0.15, 0.2) is 11.5 Å². The number of ether oxygens (including phenoxy) is 2. The highest BCUT2D eigenvalue weighted by Crippen LogP contribution is 2.31. The summed E-state index contributed by atoms with van der Waals surface area (Å²) in [5.41, 5.74) is 1.78. The number of nitrogens with zero attached hydrogens (tertiary/aromatic N) is 7. The van der Waals surface area contributed by atoms with Crippen LogP contribution in [0.3, 0.4) is 0 Å². The van der Waals surface area contributed by atoms with Gasteiger partial charge >= 0.3 is 0 Å². The van der Waals surface area contributed by atoms with Crippen molar-refractivity contribution < 1.29 is 9.47 Å². The van der Waals surface area contributed by atoms with Gasteiger partial charge in [-0.25, -0.2) is 0 Å². The molecule has 0 aliphatic carbocycles. The topological polar surface area (TPSA) is 88.3 Å². The lowest BCUT2D eigenvalue weighted by Gasteiger charge is -2.29. The third-order valence-electron chi connectivity index (χ3n) is 7.00. The number of benzene rings is 2. The first-order valence-corrected chi connectivity index (χ1v) is 14.8. The number of rotatable bonds is 10. The summed E-state index contributed by atoms with van der Waals surface area (Å²) in [4.78, 5) is 18.6. The molecule has 0 unspecified atom stereocenters. The van der Waals surface area contributed by atoms with Crippen LogP contribution in [0.5, 0.6) is 11.5 Å². The fraction of sp³-hybridized carbons (Fsp3) is 0.483. The van der Waals surface area contributed by atoms with Gasteiger partial charge in [-0.05, 0) is 75.3 Å². The molecule has 0 saturated carbocycles. The second-order valence-corrected chi connectivity index (χ2v) is 10.8. The van der Waals surface area contributed by atoms with Crippen LogP contribution in [0.4, 0.5) is 17.8 Å². The van der Waals surface area contributed by atoms with Crippen LogP contribution in [0, 0.1) is 0 Å². The molecule has 2 aromatic carbocycles. The van der Waals surface area contributed by atoms with E-state index in [1.54, 1.807) is 12.1 Å². The van der Waals surface area contributed by atoms with E-state index in [-0.39, 0.29) is 0 Å². The van der Waals surface area contributed by atoms with Crippen molar-refractivity contribution in [3.8, 4) is 11.5 Å². The molecule has 40 heavy (non-hydrogen) atoms. The molecule has 2 aliphatic heterocycles. The minimum atomic E-state index is 0.299. The molecule has 11 heteroatoms. The molecule has 3 heterocycles. The van der Waals surface area contributed by atoms with Gasteiger partial charge < -0.3 is 19.3 Å². The standard InChI is InChI=1S/C29H35Cl2N7O2/c1-2-39-26-17-21(9-12-25(26)40-20-22-10-11-23(30)18-24(22)31)19-32-36-27-33-28(37-13-5-3-6-14-37)35-29(34-27)38-15-7-4-8-16-38/h9-12,17-18H,2-8,13-16,19-20H2,1H3. The lowest BCUT2D eigenvalue weighted by Crippen LogP contribution is -2.34. The Morgan fingerprint density at radius 1 is 0.775 bits per heavy atom. The molecule has 3 aromatic rings. The number of azo groups is 1. The zero-order chi connectivity index (χ0) is 27.7. The Balaban J connectivity index is 1.30. The van der Waals surface area contributed by atoms with Gasteiger partial charge in [-0.1, -0.05) is 35.3 Å². The van der Waals surface area contributed by atoms with Crippen LogP contribution in [0.2, 0.25) is 10.0 Å². The number of hydrogen-bond acceptors (Lipinski definition) is 9. The molecule has 0 bridgehead atoms. The van der Waals surface area contributed by atoms with Gasteiger partial charge in [0.05, 0.1) is 13.2 Å². The van der Waals surface area contributed by atoms with Gasteiger partial charge in [0.1, 0.15) is 6.61 Å². The fourth-order valence-electron chi connectivity index (χ4n) is 4.87. The molecule has 0 amide bonds. The van der Waals surface area contributed by atoms with E-state index in [1.165, 1.54) is 12.8 Å². The molecular weight excluding hydrogens is 549 g/mol. The van der Waals surface area contributed by atoms with Crippen molar-refractivity contribution in [1.29, 1.82) is 0 Å². The van der Waals surface area contributed by atoms with E-state index in [9.17, 15) is 0 Å². The van der Waals surface area contributed by atoms with Crippen LogP contribution in [-0.2, 0) is 13.2 Å². The summed E-state index contributed by atoms with van der Waals surface area (Å²) in [6, 6.07) is 11.1. The Labute approximate surface area is 245 Å². The van der Waals surface area contributed by atoms with Gasteiger partial charge in [-0.2, -0.15) is 20.1 Å². The van der Waals surface area contributed by atoms with E-state index in [4.69, 9.17) is 37.7 Å². The van der Waals surface area contributed by atoms with E-state index < -0.39 is 0 Å². The first-order valence-electron chi connectivity index (χ1n) is 14.0. The largest absolute Gasteiger partial charge is 0.490 e. The molecule has 1 aromatic heterocycles. The van der Waals surface area contributed by atoms with E-state index in [2.05, 4.69) is 30.0 Å². The molecule has 0 N–H and O–H groups in total. The van der Waals surface area contributed by atoms with E-state index in [0.29, 0.717) is 59.1 Å². The fourth-order valence-corrected chi connectivity index (χ4v) is 5.33. The van der Waals surface area contributed by atoms with Crippen molar-refractivity contribution in [2.45, 2.75) is 58.6 Å². The van der Waals surface area contributed by atoms with E-state index >= 15 is 0 Å². The lowest BCUT2D eigenvalue weighted by molar-refractivity contribution is 0.269. The number of piperidine rings is 2. The number of hydrogen-bond donors (Lipinski definition) is 0. The molecule has 212 valence electrons. The average Bonchev–Trinajstić information content (AvgIpc) is 2.98. The van der Waals surface area contributed by atoms with Crippen LogP contribution >= 0.6 is 23.2 Å². The Morgan fingerprint density at radius 2 is 1.45 bits per heavy atom. The molecule has 0 atom stereocenters. The van der Waals surface area contributed by atoms with Crippen molar-refractivity contribution in [1.82, 2.24) is 15.0 Å². The summed E-state index contributed by atoms with van der Waals surface area (Å²) in [5.74, 6) is 3.01. The van der Waals surface area contributed by atoms with Crippen molar-refractivity contribution in [2.75, 3.05) is 42.6 Å². The molecular formula is C29H35Cl2N7O2. The highest BCUT2D eigenvalue weighted by Gasteiger charge is 2.20. The van der Waals surface area contributed by atoms with Crippen LogP contribution in [0.1, 0.15) is 56.6 Å². The third-order valence-corrected chi connectivity index (χ3v) is 7.58. The van der Waals surface area contributed by atoms with Crippen molar-refractivity contribution in [3.05, 3.63) is 57.6 Å². The molecule has 2 saturated heterocycles.